The van der Waals surface area contributed by atoms with Crippen LogP contribution in [0, 0.1) is 11.8 Å². The molecule has 5 rings (SSSR count). The van der Waals surface area contributed by atoms with Crippen molar-refractivity contribution in [3.05, 3.63) is 141 Å². The SMILES string of the molecule is CCCCCCCCCCCCC(CCCCCCCCCC)Cc1ccc(C2=C(c3ccccc3)C(c3cccc(Br)c3)=C(c3ccc(CC(CCCCCCCCCC)CCCCCCCCCCCC)cc3)C2)cc1. The van der Waals surface area contributed by atoms with Crippen LogP contribution in [-0.4, -0.2) is 0 Å². The number of benzene rings is 4. The average Bonchev–Trinajstić information content (AvgIpc) is 3.93. The van der Waals surface area contributed by atoms with E-state index >= 15 is 0 Å². The summed E-state index contributed by atoms with van der Waals surface area (Å²) < 4.78 is 1.14. The minimum absolute atomic E-state index is 0.786. The number of allylic oxidation sites excluding steroid dienone is 4. The molecule has 0 aliphatic heterocycles. The molecule has 0 saturated heterocycles. The van der Waals surface area contributed by atoms with Crippen LogP contribution in [0.2, 0.25) is 0 Å². The molecule has 4 aromatic rings. The zero-order chi connectivity index (χ0) is 54.9. The summed E-state index contributed by atoms with van der Waals surface area (Å²) in [5.41, 5.74) is 14.1. The van der Waals surface area contributed by atoms with Crippen LogP contribution < -0.4 is 0 Å². The maximum Gasteiger partial charge on any atom is 0.0181 e. The first kappa shape index (κ1) is 65.6. The van der Waals surface area contributed by atoms with Crippen molar-refractivity contribution in [2.24, 2.45) is 11.8 Å². The minimum Gasteiger partial charge on any atom is -0.0654 e. The van der Waals surface area contributed by atoms with Gasteiger partial charge in [-0.15, -0.1) is 0 Å². The van der Waals surface area contributed by atoms with Crippen molar-refractivity contribution in [2.75, 3.05) is 0 Å². The summed E-state index contributed by atoms with van der Waals surface area (Å²) >= 11 is 3.90. The monoisotopic (exact) mass is 1120 g/mol. The molecule has 78 heavy (non-hydrogen) atoms. The summed E-state index contributed by atoms with van der Waals surface area (Å²) in [6, 6.07) is 40.4. The second-order valence-electron chi connectivity index (χ2n) is 24.8. The first-order valence-electron chi connectivity index (χ1n) is 34.0. The zero-order valence-electron chi connectivity index (χ0n) is 51.3. The molecule has 0 heterocycles. The van der Waals surface area contributed by atoms with Crippen LogP contribution in [0.15, 0.2) is 108 Å². The van der Waals surface area contributed by atoms with Gasteiger partial charge in [-0.2, -0.15) is 0 Å². The van der Waals surface area contributed by atoms with E-state index in [-0.39, 0.29) is 0 Å². The number of hydrogen-bond acceptors (Lipinski definition) is 0. The van der Waals surface area contributed by atoms with E-state index in [1.807, 2.05) is 0 Å². The quantitative estimate of drug-likeness (QED) is 0.0387. The standard InChI is InChI=1S/C77H117Br/c1-5-9-13-17-21-25-27-31-35-40-47-65(45-38-33-29-23-19-15-11-7-3)61-67-53-57-69(58-54-67)74-64-75(77(72-51-44-52-73(78)63-72)76(74)71-49-42-37-43-50-71)70-59-55-68(56-60-70)62-66(46-39-34-30-24-20-16-12-8-4)48-41-36-32-28-26-22-18-14-10-6-2/h37,42-44,49-60,63,65-66H,5-36,38-41,45-48,61-62,64H2,1-4H3. The lowest BCUT2D eigenvalue weighted by atomic mass is 9.87. The largest absolute Gasteiger partial charge is 0.0654 e. The van der Waals surface area contributed by atoms with Crippen molar-refractivity contribution >= 4 is 38.2 Å². The Bertz CT molecular complexity index is 2140. The van der Waals surface area contributed by atoms with Crippen molar-refractivity contribution < 1.29 is 0 Å². The number of rotatable bonds is 48. The van der Waals surface area contributed by atoms with Crippen LogP contribution in [0.3, 0.4) is 0 Å². The Balaban J connectivity index is 1.31. The van der Waals surface area contributed by atoms with Crippen LogP contribution in [0.25, 0.3) is 22.3 Å². The van der Waals surface area contributed by atoms with Gasteiger partial charge >= 0.3 is 0 Å². The van der Waals surface area contributed by atoms with Crippen LogP contribution >= 0.6 is 15.9 Å². The smallest absolute Gasteiger partial charge is 0.0181 e. The van der Waals surface area contributed by atoms with Gasteiger partial charge in [0.25, 0.3) is 0 Å². The van der Waals surface area contributed by atoms with Crippen molar-refractivity contribution in [1.82, 2.24) is 0 Å². The summed E-state index contributed by atoms with van der Waals surface area (Å²) in [5.74, 6) is 1.57. The first-order valence-corrected chi connectivity index (χ1v) is 34.8. The van der Waals surface area contributed by atoms with Gasteiger partial charge in [0, 0.05) is 4.47 Å². The molecule has 432 valence electrons. The molecule has 4 aromatic carbocycles. The molecule has 1 aliphatic carbocycles. The van der Waals surface area contributed by atoms with Gasteiger partial charge in [0.1, 0.15) is 0 Å². The summed E-state index contributed by atoms with van der Waals surface area (Å²) in [6.07, 6.45) is 59.8. The van der Waals surface area contributed by atoms with Crippen LogP contribution in [0.1, 0.15) is 324 Å². The topological polar surface area (TPSA) is 0 Å². The van der Waals surface area contributed by atoms with Crippen molar-refractivity contribution in [3.8, 4) is 0 Å². The fourth-order valence-electron chi connectivity index (χ4n) is 13.1. The molecular weight excluding hydrogens is 1000 g/mol. The molecule has 1 aliphatic rings. The van der Waals surface area contributed by atoms with E-state index in [1.54, 1.807) is 0 Å². The normalized spacial score (nSPS) is 13.6. The van der Waals surface area contributed by atoms with E-state index in [0.29, 0.717) is 0 Å². The Morgan fingerprint density at radius 3 is 0.910 bits per heavy atom. The molecule has 2 unspecified atom stereocenters. The summed E-state index contributed by atoms with van der Waals surface area (Å²) in [5, 5.41) is 0. The Kier molecular flexibility index (Phi) is 35.9. The van der Waals surface area contributed by atoms with E-state index in [0.717, 1.165) is 22.7 Å². The molecule has 0 spiro atoms. The van der Waals surface area contributed by atoms with E-state index in [1.165, 1.54) is 325 Å². The van der Waals surface area contributed by atoms with E-state index in [4.69, 9.17) is 0 Å². The highest BCUT2D eigenvalue weighted by atomic mass is 79.9. The molecule has 0 aromatic heterocycles. The number of hydrogen-bond donors (Lipinski definition) is 0. The zero-order valence-corrected chi connectivity index (χ0v) is 52.8. The molecule has 0 nitrogen and oxygen atoms in total. The Morgan fingerprint density at radius 1 is 0.295 bits per heavy atom. The lowest BCUT2D eigenvalue weighted by molar-refractivity contribution is 0.400. The Labute approximate surface area is 491 Å². The van der Waals surface area contributed by atoms with Gasteiger partial charge in [-0.05, 0) is 98.9 Å². The maximum absolute atomic E-state index is 3.90. The van der Waals surface area contributed by atoms with Crippen molar-refractivity contribution in [2.45, 2.75) is 304 Å². The number of halogens is 1. The van der Waals surface area contributed by atoms with E-state index in [2.05, 4.69) is 147 Å². The Morgan fingerprint density at radius 2 is 0.590 bits per heavy atom. The Hall–Kier alpha value is -3.16. The van der Waals surface area contributed by atoms with Crippen molar-refractivity contribution in [3.63, 3.8) is 0 Å². The van der Waals surface area contributed by atoms with E-state index in [9.17, 15) is 0 Å². The fourth-order valence-corrected chi connectivity index (χ4v) is 13.5. The highest BCUT2D eigenvalue weighted by Crippen LogP contribution is 2.52. The van der Waals surface area contributed by atoms with Gasteiger partial charge in [-0.1, -0.05) is 391 Å². The molecule has 0 amide bonds. The third-order valence-electron chi connectivity index (χ3n) is 17.9. The fraction of sp³-hybridized carbons (Fsp3) is 0.636. The molecule has 2 atom stereocenters. The molecule has 1 heteroatoms. The second kappa shape index (κ2) is 42.7. The predicted octanol–water partition coefficient (Wildman–Crippen LogP) is 26.4. The maximum atomic E-state index is 3.90. The first-order chi connectivity index (χ1) is 38.5. The van der Waals surface area contributed by atoms with Gasteiger partial charge in [-0.3, -0.25) is 0 Å². The third kappa shape index (κ3) is 26.6. The third-order valence-corrected chi connectivity index (χ3v) is 18.4. The average molecular weight is 1120 g/mol. The van der Waals surface area contributed by atoms with Gasteiger partial charge in [-0.25, -0.2) is 0 Å². The molecule has 0 bridgehead atoms. The van der Waals surface area contributed by atoms with Gasteiger partial charge in [0.15, 0.2) is 0 Å². The van der Waals surface area contributed by atoms with E-state index < -0.39 is 0 Å². The van der Waals surface area contributed by atoms with Crippen LogP contribution in [0.4, 0.5) is 0 Å². The summed E-state index contributed by atoms with van der Waals surface area (Å²) in [4.78, 5) is 0. The molecule has 0 fully saturated rings. The van der Waals surface area contributed by atoms with Gasteiger partial charge in [0.05, 0.1) is 0 Å². The van der Waals surface area contributed by atoms with Gasteiger partial charge < -0.3 is 0 Å². The molecule has 0 radical (unpaired) electrons. The lowest BCUT2D eigenvalue weighted by Gasteiger charge is -2.18. The minimum atomic E-state index is 0.786. The molecular formula is C77H117Br. The molecule has 0 saturated carbocycles. The second-order valence-corrected chi connectivity index (χ2v) is 25.7. The van der Waals surface area contributed by atoms with Gasteiger partial charge in [0.2, 0.25) is 0 Å². The van der Waals surface area contributed by atoms with Crippen molar-refractivity contribution in [1.29, 1.82) is 0 Å². The number of unbranched alkanes of at least 4 members (excludes halogenated alkanes) is 32. The summed E-state index contributed by atoms with van der Waals surface area (Å²) in [6.45, 7) is 9.31. The predicted molar refractivity (Wildman–Crippen MR) is 353 cm³/mol. The highest BCUT2D eigenvalue weighted by molar-refractivity contribution is 9.10. The van der Waals surface area contributed by atoms with Crippen LogP contribution in [0.5, 0.6) is 0 Å². The highest BCUT2D eigenvalue weighted by Gasteiger charge is 2.29. The lowest BCUT2D eigenvalue weighted by Crippen LogP contribution is -2.06. The summed E-state index contributed by atoms with van der Waals surface area (Å²) in [7, 11) is 0. The van der Waals surface area contributed by atoms with Crippen LogP contribution in [-0.2, 0) is 12.8 Å². The molecule has 0 N–H and O–H groups in total.